The van der Waals surface area contributed by atoms with Crippen molar-refractivity contribution in [3.8, 4) is 11.5 Å². The fourth-order valence-electron chi connectivity index (χ4n) is 1.21. The van der Waals surface area contributed by atoms with E-state index in [4.69, 9.17) is 20.3 Å². The molecule has 1 aromatic carbocycles. The molecule has 0 amide bonds. The third-order valence-electron chi connectivity index (χ3n) is 2.04. The number of halogens is 1. The minimum atomic E-state index is -1.10. The molecule has 1 rings (SSSR count). The third-order valence-corrected chi connectivity index (χ3v) is 2.04. The monoisotopic (exact) mass is 247 g/mol. The summed E-state index contributed by atoms with van der Waals surface area (Å²) in [4.78, 5) is 10.7. The number of hydrogen-bond donors (Lipinski definition) is 2. The van der Waals surface area contributed by atoms with Gasteiger partial charge in [-0.3, -0.25) is 4.79 Å². The molecule has 0 aliphatic rings. The molecule has 1 atom stereocenters. The predicted octanol–water partition coefficient (Wildman–Crippen LogP) is 1.21. The average Bonchev–Trinajstić information content (AvgIpc) is 2.27. The van der Waals surface area contributed by atoms with Gasteiger partial charge in [0.05, 0.1) is 14.2 Å². The van der Waals surface area contributed by atoms with Gasteiger partial charge < -0.3 is 20.3 Å². The van der Waals surface area contributed by atoms with Crippen LogP contribution in [0.15, 0.2) is 18.2 Å². The van der Waals surface area contributed by atoms with E-state index in [1.54, 1.807) is 18.2 Å². The van der Waals surface area contributed by atoms with Gasteiger partial charge >= 0.3 is 5.97 Å². The second-order valence-corrected chi connectivity index (χ2v) is 2.92. The second-order valence-electron chi connectivity index (χ2n) is 2.92. The van der Waals surface area contributed by atoms with E-state index >= 15 is 0 Å². The first-order valence-electron chi connectivity index (χ1n) is 4.30. The molecule has 0 saturated heterocycles. The van der Waals surface area contributed by atoms with Crippen LogP contribution in [0.5, 0.6) is 11.5 Å². The minimum Gasteiger partial charge on any atom is -0.497 e. The van der Waals surface area contributed by atoms with Crippen molar-refractivity contribution in [2.24, 2.45) is 5.73 Å². The molecular formula is C10H14ClNO4. The van der Waals surface area contributed by atoms with Crippen LogP contribution in [0.3, 0.4) is 0 Å². The van der Waals surface area contributed by atoms with Gasteiger partial charge in [-0.05, 0) is 12.1 Å². The fraction of sp³-hybridized carbons (Fsp3) is 0.300. The van der Waals surface area contributed by atoms with Crippen LogP contribution < -0.4 is 15.2 Å². The SMILES string of the molecule is COc1ccc([C@@H](N)C(=O)O)c(OC)c1.Cl. The van der Waals surface area contributed by atoms with E-state index in [2.05, 4.69) is 0 Å². The van der Waals surface area contributed by atoms with Crippen molar-refractivity contribution < 1.29 is 19.4 Å². The van der Waals surface area contributed by atoms with Gasteiger partial charge in [-0.2, -0.15) is 0 Å². The Bertz CT molecular complexity index is 370. The summed E-state index contributed by atoms with van der Waals surface area (Å²) < 4.78 is 10.0. The maximum absolute atomic E-state index is 10.7. The van der Waals surface area contributed by atoms with Gasteiger partial charge in [-0.25, -0.2) is 0 Å². The summed E-state index contributed by atoms with van der Waals surface area (Å²) in [5, 5.41) is 8.77. The lowest BCUT2D eigenvalue weighted by atomic mass is 10.1. The maximum atomic E-state index is 10.7. The molecule has 5 nitrogen and oxygen atoms in total. The average molecular weight is 248 g/mol. The summed E-state index contributed by atoms with van der Waals surface area (Å²) in [7, 11) is 2.97. The van der Waals surface area contributed by atoms with Crippen LogP contribution in [-0.2, 0) is 4.79 Å². The molecule has 0 aromatic heterocycles. The highest BCUT2D eigenvalue weighted by Gasteiger charge is 2.18. The zero-order valence-corrected chi connectivity index (χ0v) is 9.78. The normalized spacial score (nSPS) is 11.2. The largest absolute Gasteiger partial charge is 0.497 e. The summed E-state index contributed by atoms with van der Waals surface area (Å²) in [6, 6.07) is 3.72. The molecule has 0 bridgehead atoms. The van der Waals surface area contributed by atoms with E-state index in [-0.39, 0.29) is 12.4 Å². The molecule has 6 heteroatoms. The summed E-state index contributed by atoms with van der Waals surface area (Å²) in [5.41, 5.74) is 5.91. The minimum absolute atomic E-state index is 0. The first-order chi connectivity index (χ1) is 7.10. The topological polar surface area (TPSA) is 81.8 Å². The Kier molecular flexibility index (Phi) is 5.63. The number of methoxy groups -OCH3 is 2. The third kappa shape index (κ3) is 3.01. The van der Waals surface area contributed by atoms with Crippen molar-refractivity contribution in [3.63, 3.8) is 0 Å². The quantitative estimate of drug-likeness (QED) is 0.836. The molecule has 0 heterocycles. The number of carboxylic acid groups (broad SMARTS) is 1. The van der Waals surface area contributed by atoms with Crippen LogP contribution in [-0.4, -0.2) is 25.3 Å². The smallest absolute Gasteiger partial charge is 0.325 e. The lowest BCUT2D eigenvalue weighted by Gasteiger charge is -2.13. The number of ether oxygens (including phenoxy) is 2. The Balaban J connectivity index is 0.00000225. The molecule has 90 valence electrons. The Morgan fingerprint density at radius 3 is 2.44 bits per heavy atom. The van der Waals surface area contributed by atoms with Gasteiger partial charge in [0.2, 0.25) is 0 Å². The van der Waals surface area contributed by atoms with Crippen LogP contribution in [0.25, 0.3) is 0 Å². The Morgan fingerprint density at radius 1 is 1.38 bits per heavy atom. The van der Waals surface area contributed by atoms with E-state index in [1.807, 2.05) is 0 Å². The zero-order chi connectivity index (χ0) is 11.4. The molecule has 1 aromatic rings. The van der Waals surface area contributed by atoms with Crippen molar-refractivity contribution in [2.45, 2.75) is 6.04 Å². The van der Waals surface area contributed by atoms with E-state index in [1.165, 1.54) is 14.2 Å². The van der Waals surface area contributed by atoms with E-state index in [0.29, 0.717) is 17.1 Å². The summed E-state index contributed by atoms with van der Waals surface area (Å²) in [6.45, 7) is 0. The predicted molar refractivity (Wildman–Crippen MR) is 61.4 cm³/mol. The highest BCUT2D eigenvalue weighted by Crippen LogP contribution is 2.28. The lowest BCUT2D eigenvalue weighted by molar-refractivity contribution is -0.138. The van der Waals surface area contributed by atoms with Crippen molar-refractivity contribution in [2.75, 3.05) is 14.2 Å². The van der Waals surface area contributed by atoms with Gasteiger partial charge in [0.25, 0.3) is 0 Å². The van der Waals surface area contributed by atoms with Crippen LogP contribution in [0.4, 0.5) is 0 Å². The lowest BCUT2D eigenvalue weighted by Crippen LogP contribution is -2.21. The Morgan fingerprint density at radius 2 is 2.00 bits per heavy atom. The number of carboxylic acids is 1. The van der Waals surface area contributed by atoms with Crippen molar-refractivity contribution in [1.29, 1.82) is 0 Å². The number of aliphatic carboxylic acids is 1. The molecule has 0 radical (unpaired) electrons. The maximum Gasteiger partial charge on any atom is 0.325 e. The van der Waals surface area contributed by atoms with Crippen LogP contribution in [0.1, 0.15) is 11.6 Å². The molecule has 0 aliphatic heterocycles. The number of carbonyl (C=O) groups is 1. The van der Waals surface area contributed by atoms with E-state index in [9.17, 15) is 4.79 Å². The Hall–Kier alpha value is -1.46. The number of rotatable bonds is 4. The van der Waals surface area contributed by atoms with Gasteiger partial charge in [0.15, 0.2) is 0 Å². The molecule has 0 spiro atoms. The van der Waals surface area contributed by atoms with Crippen molar-refractivity contribution >= 4 is 18.4 Å². The standard InChI is InChI=1S/C10H13NO4.ClH/c1-14-6-3-4-7(8(5-6)15-2)9(11)10(12)13;/h3-5,9H,11H2,1-2H3,(H,12,13);1H/t9-;/m1./s1. The molecule has 16 heavy (non-hydrogen) atoms. The summed E-state index contributed by atoms with van der Waals surface area (Å²) in [5.74, 6) is -0.101. The molecule has 0 aliphatic carbocycles. The fourth-order valence-corrected chi connectivity index (χ4v) is 1.21. The van der Waals surface area contributed by atoms with Crippen LogP contribution >= 0.6 is 12.4 Å². The van der Waals surface area contributed by atoms with Crippen LogP contribution in [0, 0.1) is 0 Å². The van der Waals surface area contributed by atoms with Gasteiger partial charge in [0, 0.05) is 11.6 Å². The summed E-state index contributed by atoms with van der Waals surface area (Å²) in [6.07, 6.45) is 0. The molecule has 3 N–H and O–H groups in total. The highest BCUT2D eigenvalue weighted by molar-refractivity contribution is 5.85. The van der Waals surface area contributed by atoms with Gasteiger partial charge in [0.1, 0.15) is 17.5 Å². The Labute approximate surface area is 99.6 Å². The highest BCUT2D eigenvalue weighted by atomic mass is 35.5. The number of benzene rings is 1. The summed E-state index contributed by atoms with van der Waals surface area (Å²) >= 11 is 0. The number of hydrogen-bond acceptors (Lipinski definition) is 4. The first-order valence-corrected chi connectivity index (χ1v) is 4.30. The molecular weight excluding hydrogens is 234 g/mol. The van der Waals surface area contributed by atoms with Crippen molar-refractivity contribution in [1.82, 2.24) is 0 Å². The van der Waals surface area contributed by atoms with E-state index < -0.39 is 12.0 Å². The first kappa shape index (κ1) is 14.5. The van der Waals surface area contributed by atoms with Crippen LogP contribution in [0.2, 0.25) is 0 Å². The molecule has 0 unspecified atom stereocenters. The zero-order valence-electron chi connectivity index (χ0n) is 8.97. The van der Waals surface area contributed by atoms with E-state index in [0.717, 1.165) is 0 Å². The van der Waals surface area contributed by atoms with Gasteiger partial charge in [-0.1, -0.05) is 0 Å². The molecule has 0 fully saturated rings. The van der Waals surface area contributed by atoms with Crippen molar-refractivity contribution in [3.05, 3.63) is 23.8 Å². The molecule has 0 saturated carbocycles. The second kappa shape index (κ2) is 6.19. The number of nitrogens with two attached hydrogens (primary N) is 1. The van der Waals surface area contributed by atoms with Gasteiger partial charge in [-0.15, -0.1) is 12.4 Å².